The number of hydrogen-bond donors (Lipinski definition) is 1. The molecule has 1 aromatic heterocycles. The van der Waals surface area contributed by atoms with E-state index in [1.165, 1.54) is 22.2 Å². The van der Waals surface area contributed by atoms with Crippen LogP contribution in [0.5, 0.6) is 0 Å². The Morgan fingerprint density at radius 2 is 1.90 bits per heavy atom. The molecule has 0 fully saturated rings. The zero-order valence-electron chi connectivity index (χ0n) is 11.9. The van der Waals surface area contributed by atoms with E-state index in [0.29, 0.717) is 0 Å². The van der Waals surface area contributed by atoms with Gasteiger partial charge in [-0.1, -0.05) is 36.4 Å². The predicted molar refractivity (Wildman–Crippen MR) is 88.6 cm³/mol. The Hall–Kier alpha value is -1.71. The van der Waals surface area contributed by atoms with Gasteiger partial charge in [-0.25, -0.2) is 4.98 Å². The fourth-order valence-corrected chi connectivity index (χ4v) is 4.49. The maximum absolute atomic E-state index is 6.79. The normalized spacial score (nSPS) is 21.4. The highest BCUT2D eigenvalue weighted by molar-refractivity contribution is 7.18. The molecule has 0 amide bonds. The van der Waals surface area contributed by atoms with Gasteiger partial charge in [0.05, 0.1) is 15.2 Å². The van der Waals surface area contributed by atoms with Crippen LogP contribution in [-0.2, 0) is 18.4 Å². The second-order valence-electron chi connectivity index (χ2n) is 5.92. The van der Waals surface area contributed by atoms with Crippen molar-refractivity contribution >= 4 is 21.6 Å². The van der Waals surface area contributed by atoms with Crippen LogP contribution in [0, 0.1) is 0 Å². The minimum absolute atomic E-state index is 0.261. The van der Waals surface area contributed by atoms with Crippen LogP contribution < -0.4 is 5.73 Å². The van der Waals surface area contributed by atoms with Gasteiger partial charge in [-0.05, 0) is 42.5 Å². The summed E-state index contributed by atoms with van der Waals surface area (Å²) in [6.45, 7) is 0. The van der Waals surface area contributed by atoms with E-state index in [9.17, 15) is 0 Å². The molecule has 1 heterocycles. The predicted octanol–water partition coefficient (Wildman–Crippen LogP) is 4.03. The molecule has 1 unspecified atom stereocenters. The largest absolute Gasteiger partial charge is 0.321 e. The second kappa shape index (κ2) is 4.93. The van der Waals surface area contributed by atoms with Gasteiger partial charge in [0.25, 0.3) is 0 Å². The number of aromatic nitrogens is 1. The molecule has 2 aromatic carbocycles. The molecule has 4 rings (SSSR count). The summed E-state index contributed by atoms with van der Waals surface area (Å²) in [4.78, 5) is 4.76. The van der Waals surface area contributed by atoms with E-state index in [4.69, 9.17) is 10.7 Å². The van der Waals surface area contributed by atoms with Gasteiger partial charge < -0.3 is 5.73 Å². The van der Waals surface area contributed by atoms with Crippen LogP contribution in [-0.4, -0.2) is 4.98 Å². The Balaban J connectivity index is 1.73. The lowest BCUT2D eigenvalue weighted by Gasteiger charge is -2.35. The summed E-state index contributed by atoms with van der Waals surface area (Å²) in [7, 11) is 0. The first-order valence-electron chi connectivity index (χ1n) is 7.46. The number of nitrogens with two attached hydrogens (primary N) is 1. The number of para-hydroxylation sites is 1. The van der Waals surface area contributed by atoms with Gasteiger partial charge in [0.15, 0.2) is 0 Å². The molecular formula is C18H18N2S. The van der Waals surface area contributed by atoms with Crippen molar-refractivity contribution in [2.45, 2.75) is 31.2 Å². The average Bonchev–Trinajstić information content (AvgIpc) is 2.89. The molecule has 2 nitrogen and oxygen atoms in total. The molecule has 3 heteroatoms. The molecular weight excluding hydrogens is 276 g/mol. The van der Waals surface area contributed by atoms with Crippen LogP contribution in [0.3, 0.4) is 0 Å². The molecule has 0 bridgehead atoms. The Morgan fingerprint density at radius 3 is 2.81 bits per heavy atom. The van der Waals surface area contributed by atoms with Crippen LogP contribution in [0.25, 0.3) is 10.2 Å². The van der Waals surface area contributed by atoms with Crippen molar-refractivity contribution in [3.63, 3.8) is 0 Å². The molecule has 0 aliphatic heterocycles. The maximum Gasteiger partial charge on any atom is 0.0960 e. The third-order valence-corrected chi connectivity index (χ3v) is 5.46. The topological polar surface area (TPSA) is 38.9 Å². The number of nitrogens with zero attached hydrogens (tertiary/aromatic N) is 1. The van der Waals surface area contributed by atoms with Gasteiger partial charge in [-0.3, -0.25) is 0 Å². The van der Waals surface area contributed by atoms with Crippen LogP contribution >= 0.6 is 11.3 Å². The molecule has 0 spiro atoms. The van der Waals surface area contributed by atoms with Crippen molar-refractivity contribution in [3.05, 3.63) is 64.7 Å². The van der Waals surface area contributed by atoms with Gasteiger partial charge in [0, 0.05) is 12.0 Å². The minimum Gasteiger partial charge on any atom is -0.321 e. The monoisotopic (exact) mass is 294 g/mol. The smallest absolute Gasteiger partial charge is 0.0960 e. The summed E-state index contributed by atoms with van der Waals surface area (Å²) in [6.07, 6.45) is 4.19. The van der Waals surface area contributed by atoms with Crippen molar-refractivity contribution < 1.29 is 0 Å². The lowest BCUT2D eigenvalue weighted by atomic mass is 9.75. The third kappa shape index (κ3) is 2.27. The van der Waals surface area contributed by atoms with Crippen LogP contribution in [0.15, 0.2) is 48.5 Å². The zero-order valence-corrected chi connectivity index (χ0v) is 12.7. The number of benzene rings is 2. The highest BCUT2D eigenvalue weighted by Crippen LogP contribution is 2.37. The summed E-state index contributed by atoms with van der Waals surface area (Å²) in [5.41, 5.74) is 10.3. The summed E-state index contributed by atoms with van der Waals surface area (Å²) >= 11 is 1.77. The van der Waals surface area contributed by atoms with E-state index in [0.717, 1.165) is 29.8 Å². The average molecular weight is 294 g/mol. The molecule has 1 aliphatic carbocycles. The molecule has 1 atom stereocenters. The fourth-order valence-electron chi connectivity index (χ4n) is 3.40. The molecule has 2 N–H and O–H groups in total. The molecule has 21 heavy (non-hydrogen) atoms. The maximum atomic E-state index is 6.79. The molecule has 0 radical (unpaired) electrons. The summed E-state index contributed by atoms with van der Waals surface area (Å²) in [5, 5.41) is 1.15. The van der Waals surface area contributed by atoms with E-state index >= 15 is 0 Å². The van der Waals surface area contributed by atoms with E-state index in [2.05, 4.69) is 42.5 Å². The van der Waals surface area contributed by atoms with Gasteiger partial charge in [-0.2, -0.15) is 0 Å². The Morgan fingerprint density at radius 1 is 1.10 bits per heavy atom. The minimum atomic E-state index is -0.261. The summed E-state index contributed by atoms with van der Waals surface area (Å²) in [6, 6.07) is 16.9. The van der Waals surface area contributed by atoms with Crippen molar-refractivity contribution in [1.29, 1.82) is 0 Å². The summed E-state index contributed by atoms with van der Waals surface area (Å²) in [5.74, 6) is 0. The number of hydrogen-bond acceptors (Lipinski definition) is 3. The molecule has 1 aliphatic rings. The zero-order chi connectivity index (χ0) is 14.3. The quantitative estimate of drug-likeness (QED) is 0.775. The first-order chi connectivity index (χ1) is 10.2. The Kier molecular flexibility index (Phi) is 3.05. The highest BCUT2D eigenvalue weighted by Gasteiger charge is 2.33. The van der Waals surface area contributed by atoms with Crippen molar-refractivity contribution in [3.8, 4) is 0 Å². The van der Waals surface area contributed by atoms with Crippen LogP contribution in [0.4, 0.5) is 0 Å². The van der Waals surface area contributed by atoms with Crippen molar-refractivity contribution in [1.82, 2.24) is 4.98 Å². The van der Waals surface area contributed by atoms with Crippen LogP contribution in [0.2, 0.25) is 0 Å². The van der Waals surface area contributed by atoms with E-state index in [1.54, 1.807) is 11.3 Å². The number of rotatable bonds is 2. The van der Waals surface area contributed by atoms with Gasteiger partial charge in [0.2, 0.25) is 0 Å². The molecule has 0 saturated heterocycles. The first-order valence-corrected chi connectivity index (χ1v) is 8.28. The van der Waals surface area contributed by atoms with E-state index in [-0.39, 0.29) is 5.54 Å². The van der Waals surface area contributed by atoms with Gasteiger partial charge in [-0.15, -0.1) is 11.3 Å². The van der Waals surface area contributed by atoms with E-state index in [1.807, 2.05) is 6.07 Å². The standard InChI is InChI=1S/C18H18N2S/c19-18(11-5-7-13-6-1-2-8-14(13)18)12-17-20-15-9-3-4-10-16(15)21-17/h1-4,6,8-10H,5,7,11-12,19H2. The fraction of sp³-hybridized carbons (Fsp3) is 0.278. The van der Waals surface area contributed by atoms with E-state index < -0.39 is 0 Å². The van der Waals surface area contributed by atoms with Crippen molar-refractivity contribution in [2.24, 2.45) is 5.73 Å². The second-order valence-corrected chi connectivity index (χ2v) is 7.03. The third-order valence-electron chi connectivity index (χ3n) is 4.43. The molecule has 106 valence electrons. The lowest BCUT2D eigenvalue weighted by molar-refractivity contribution is 0.369. The SMILES string of the molecule is NC1(Cc2nc3ccccc3s2)CCCc2ccccc21. The molecule has 3 aromatic rings. The number of thiazole rings is 1. The first kappa shape index (κ1) is 13.0. The number of aryl methyl sites for hydroxylation is 1. The Bertz CT molecular complexity index is 760. The molecule has 0 saturated carbocycles. The van der Waals surface area contributed by atoms with Gasteiger partial charge >= 0.3 is 0 Å². The highest BCUT2D eigenvalue weighted by atomic mass is 32.1. The van der Waals surface area contributed by atoms with Gasteiger partial charge in [0.1, 0.15) is 0 Å². The summed E-state index contributed by atoms with van der Waals surface area (Å²) < 4.78 is 1.25. The Labute approximate surface area is 128 Å². The van der Waals surface area contributed by atoms with Crippen molar-refractivity contribution in [2.75, 3.05) is 0 Å². The van der Waals surface area contributed by atoms with Crippen LogP contribution in [0.1, 0.15) is 29.0 Å². The number of fused-ring (bicyclic) bond motifs is 2. The lowest BCUT2D eigenvalue weighted by Crippen LogP contribution is -2.42.